The van der Waals surface area contributed by atoms with E-state index in [1.807, 2.05) is 72.8 Å². The van der Waals surface area contributed by atoms with E-state index in [0.29, 0.717) is 16.9 Å². The van der Waals surface area contributed by atoms with E-state index < -0.39 is 11.7 Å². The molecule has 0 aliphatic heterocycles. The topological polar surface area (TPSA) is 30.7 Å². The fraction of sp³-hybridized carbons (Fsp3) is 0.154. The van der Waals surface area contributed by atoms with E-state index in [1.54, 1.807) is 4.68 Å². The van der Waals surface area contributed by atoms with Gasteiger partial charge in [0.15, 0.2) is 5.65 Å². The molecular weight excluding hydrogens is 411 g/mol. The minimum atomic E-state index is -4.51. The fourth-order valence-corrected chi connectivity index (χ4v) is 4.25. The van der Waals surface area contributed by atoms with E-state index >= 15 is 0 Å². The van der Waals surface area contributed by atoms with Gasteiger partial charge in [0.1, 0.15) is 0 Å². The molecule has 5 aromatic rings. The third-order valence-corrected chi connectivity index (χ3v) is 5.98. The first kappa shape index (κ1) is 19.0. The first-order chi connectivity index (χ1) is 15.5. The molecule has 0 unspecified atom stereocenters. The minimum Gasteiger partial charge on any atom is -0.228 e. The number of para-hydroxylation sites is 1. The largest absolute Gasteiger partial charge is 0.417 e. The van der Waals surface area contributed by atoms with Gasteiger partial charge in [-0.3, -0.25) is 0 Å². The van der Waals surface area contributed by atoms with E-state index in [2.05, 4.69) is 5.10 Å². The lowest BCUT2D eigenvalue weighted by Crippen LogP contribution is -2.08. The predicted octanol–water partition coefficient (Wildman–Crippen LogP) is 7.14. The van der Waals surface area contributed by atoms with Crippen molar-refractivity contribution in [2.24, 2.45) is 0 Å². The highest BCUT2D eigenvalue weighted by Gasteiger charge is 2.39. The molecular formula is C26H18F3N3. The van der Waals surface area contributed by atoms with Gasteiger partial charge in [-0.05, 0) is 47.9 Å². The Hall–Kier alpha value is -3.67. The Morgan fingerprint density at radius 3 is 2.25 bits per heavy atom. The molecule has 32 heavy (non-hydrogen) atoms. The Balaban J connectivity index is 1.67. The van der Waals surface area contributed by atoms with E-state index in [0.717, 1.165) is 23.6 Å². The van der Waals surface area contributed by atoms with Crippen LogP contribution in [0.15, 0.2) is 78.9 Å². The number of fused-ring (bicyclic) bond motifs is 2. The van der Waals surface area contributed by atoms with Crippen molar-refractivity contribution in [3.63, 3.8) is 0 Å². The zero-order chi connectivity index (χ0) is 21.9. The monoisotopic (exact) mass is 429 g/mol. The molecule has 6 rings (SSSR count). The second kappa shape index (κ2) is 6.92. The summed E-state index contributed by atoms with van der Waals surface area (Å²) in [6, 6.07) is 23.8. The number of alkyl halides is 3. The van der Waals surface area contributed by atoms with Gasteiger partial charge >= 0.3 is 6.18 Å². The summed E-state index contributed by atoms with van der Waals surface area (Å²) >= 11 is 0. The van der Waals surface area contributed by atoms with Gasteiger partial charge in [0.25, 0.3) is 0 Å². The van der Waals surface area contributed by atoms with Crippen LogP contribution in [-0.2, 0) is 6.18 Å². The normalized spacial score (nSPS) is 14.3. The van der Waals surface area contributed by atoms with Crippen LogP contribution in [0.2, 0.25) is 0 Å². The highest BCUT2D eigenvalue weighted by atomic mass is 19.4. The predicted molar refractivity (Wildman–Crippen MR) is 119 cm³/mol. The minimum absolute atomic E-state index is 0.0527. The average Bonchev–Trinajstić information content (AvgIpc) is 3.58. The van der Waals surface area contributed by atoms with Crippen molar-refractivity contribution in [1.29, 1.82) is 0 Å². The Labute approximate surface area is 182 Å². The van der Waals surface area contributed by atoms with E-state index in [9.17, 15) is 13.2 Å². The Kier molecular flexibility index (Phi) is 4.12. The van der Waals surface area contributed by atoms with Crippen molar-refractivity contribution in [1.82, 2.24) is 14.8 Å². The highest BCUT2D eigenvalue weighted by Crippen LogP contribution is 2.47. The van der Waals surface area contributed by atoms with Crippen LogP contribution in [0.5, 0.6) is 0 Å². The number of hydrogen-bond acceptors (Lipinski definition) is 2. The van der Waals surface area contributed by atoms with Crippen LogP contribution in [0, 0.1) is 0 Å². The summed E-state index contributed by atoms with van der Waals surface area (Å²) in [5.41, 5.74) is 1.69. The molecule has 0 saturated heterocycles. The van der Waals surface area contributed by atoms with Crippen molar-refractivity contribution < 1.29 is 13.2 Å². The van der Waals surface area contributed by atoms with Crippen LogP contribution in [0.1, 0.15) is 30.0 Å². The maximum atomic E-state index is 14.3. The molecule has 3 nitrogen and oxygen atoms in total. The fourth-order valence-electron chi connectivity index (χ4n) is 4.25. The molecule has 1 aliphatic carbocycles. The summed E-state index contributed by atoms with van der Waals surface area (Å²) in [6.07, 6.45) is -2.81. The molecule has 158 valence electrons. The van der Waals surface area contributed by atoms with Crippen molar-refractivity contribution in [3.05, 3.63) is 90.1 Å². The molecule has 1 aliphatic rings. The average molecular weight is 429 g/mol. The van der Waals surface area contributed by atoms with Gasteiger partial charge in [-0.1, -0.05) is 54.6 Å². The van der Waals surface area contributed by atoms with Gasteiger partial charge in [0.05, 0.1) is 28.0 Å². The van der Waals surface area contributed by atoms with Crippen LogP contribution in [0.25, 0.3) is 38.8 Å². The molecule has 0 atom stereocenters. The first-order valence-corrected chi connectivity index (χ1v) is 10.5. The van der Waals surface area contributed by atoms with E-state index in [4.69, 9.17) is 4.98 Å². The number of aromatic nitrogens is 3. The summed E-state index contributed by atoms with van der Waals surface area (Å²) in [7, 11) is 0. The van der Waals surface area contributed by atoms with Gasteiger partial charge in [-0.25, -0.2) is 9.67 Å². The Morgan fingerprint density at radius 1 is 0.812 bits per heavy atom. The lowest BCUT2D eigenvalue weighted by molar-refractivity contribution is -0.136. The smallest absolute Gasteiger partial charge is 0.228 e. The van der Waals surface area contributed by atoms with Gasteiger partial charge in [-0.2, -0.15) is 18.3 Å². The summed E-state index contributed by atoms with van der Waals surface area (Å²) in [6.45, 7) is 0. The first-order valence-electron chi connectivity index (χ1n) is 10.5. The lowest BCUT2D eigenvalue weighted by Gasteiger charge is -2.12. The third-order valence-electron chi connectivity index (χ3n) is 5.98. The molecule has 2 aromatic heterocycles. The molecule has 0 spiro atoms. The highest BCUT2D eigenvalue weighted by molar-refractivity contribution is 5.90. The van der Waals surface area contributed by atoms with Crippen LogP contribution in [0.3, 0.4) is 0 Å². The number of hydrogen-bond donors (Lipinski definition) is 0. The van der Waals surface area contributed by atoms with Crippen molar-refractivity contribution in [3.8, 4) is 16.9 Å². The second-order valence-corrected chi connectivity index (χ2v) is 8.22. The molecule has 1 fully saturated rings. The van der Waals surface area contributed by atoms with Crippen LogP contribution in [-0.4, -0.2) is 14.8 Å². The maximum Gasteiger partial charge on any atom is 0.417 e. The van der Waals surface area contributed by atoms with Gasteiger partial charge in [0.2, 0.25) is 0 Å². The van der Waals surface area contributed by atoms with E-state index in [1.165, 1.54) is 6.07 Å². The molecule has 6 heteroatoms. The number of benzene rings is 3. The third kappa shape index (κ3) is 3.14. The van der Waals surface area contributed by atoms with Crippen LogP contribution in [0.4, 0.5) is 13.2 Å². The summed E-state index contributed by atoms with van der Waals surface area (Å²) in [4.78, 5) is 4.73. The zero-order valence-electron chi connectivity index (χ0n) is 17.0. The standard InChI is InChI=1S/C26H18F3N3/c27-26(28,29)21-15-22(19-13-10-16-6-4-5-7-18(16)14-19)30-25-23(21)24(17-11-12-17)31-32(25)20-8-2-1-3-9-20/h1-10,13-15,17H,11-12H2. The number of pyridine rings is 1. The number of nitrogens with zero attached hydrogens (tertiary/aromatic N) is 3. The molecule has 0 bridgehead atoms. The Morgan fingerprint density at radius 2 is 1.53 bits per heavy atom. The molecule has 1 saturated carbocycles. The SMILES string of the molecule is FC(F)(F)c1cc(-c2ccc3ccccc3c2)nc2c1c(C1CC1)nn2-c1ccccc1. The molecule has 0 radical (unpaired) electrons. The molecule has 3 aromatic carbocycles. The summed E-state index contributed by atoms with van der Waals surface area (Å²) in [5, 5.41) is 6.73. The van der Waals surface area contributed by atoms with Crippen LogP contribution < -0.4 is 0 Å². The lowest BCUT2D eigenvalue weighted by atomic mass is 10.0. The number of rotatable bonds is 3. The van der Waals surface area contributed by atoms with Gasteiger partial charge < -0.3 is 0 Å². The number of halogens is 3. The van der Waals surface area contributed by atoms with Crippen molar-refractivity contribution in [2.45, 2.75) is 24.9 Å². The van der Waals surface area contributed by atoms with Crippen LogP contribution >= 0.6 is 0 Å². The van der Waals surface area contributed by atoms with Gasteiger partial charge in [-0.15, -0.1) is 0 Å². The van der Waals surface area contributed by atoms with Crippen molar-refractivity contribution in [2.75, 3.05) is 0 Å². The summed E-state index contributed by atoms with van der Waals surface area (Å²) < 4.78 is 44.4. The second-order valence-electron chi connectivity index (χ2n) is 8.22. The van der Waals surface area contributed by atoms with Crippen molar-refractivity contribution >= 4 is 21.8 Å². The van der Waals surface area contributed by atoms with Gasteiger partial charge in [0, 0.05) is 11.5 Å². The summed E-state index contributed by atoms with van der Waals surface area (Å²) in [5.74, 6) is 0.0527. The molecule has 0 amide bonds. The zero-order valence-corrected chi connectivity index (χ0v) is 17.0. The Bertz CT molecular complexity index is 1470. The quantitative estimate of drug-likeness (QED) is 0.305. The van der Waals surface area contributed by atoms with E-state index in [-0.39, 0.29) is 22.6 Å². The molecule has 2 heterocycles. The molecule has 0 N–H and O–H groups in total. The maximum absolute atomic E-state index is 14.3.